The zero-order chi connectivity index (χ0) is 11.5. The van der Waals surface area contributed by atoms with E-state index in [0.29, 0.717) is 0 Å². The van der Waals surface area contributed by atoms with Gasteiger partial charge in [-0.2, -0.15) is 0 Å². The van der Waals surface area contributed by atoms with E-state index in [1.807, 2.05) is 24.3 Å². The molecule has 1 aliphatic rings. The summed E-state index contributed by atoms with van der Waals surface area (Å²) < 4.78 is 5.74. The number of aliphatic hydroxyl groups is 1. The summed E-state index contributed by atoms with van der Waals surface area (Å²) in [4.78, 5) is 2.17. The van der Waals surface area contributed by atoms with E-state index in [-0.39, 0.29) is 12.2 Å². The molecule has 0 saturated carbocycles. The highest BCUT2D eigenvalue weighted by Gasteiger charge is 2.28. The van der Waals surface area contributed by atoms with Gasteiger partial charge in [0.15, 0.2) is 0 Å². The van der Waals surface area contributed by atoms with Crippen LogP contribution in [0.25, 0.3) is 0 Å². The van der Waals surface area contributed by atoms with Crippen molar-refractivity contribution in [3.63, 3.8) is 0 Å². The molecule has 0 bridgehead atoms. The van der Waals surface area contributed by atoms with Crippen LogP contribution in [0.2, 0.25) is 5.02 Å². The molecule has 0 amide bonds. The molecule has 4 heteroatoms. The number of rotatable bonds is 4. The van der Waals surface area contributed by atoms with E-state index in [4.69, 9.17) is 16.3 Å². The first-order chi connectivity index (χ1) is 7.63. The van der Waals surface area contributed by atoms with Gasteiger partial charge in [-0.15, -0.1) is 0 Å². The lowest BCUT2D eigenvalue weighted by Crippen LogP contribution is -2.55. The number of halogens is 1. The summed E-state index contributed by atoms with van der Waals surface area (Å²) in [5.41, 5.74) is 0. The third-order valence-electron chi connectivity index (χ3n) is 2.56. The number of β-amino-alcohol motifs (C(OH)–C–C–N with tert-alkyl or cyclic N) is 1. The molecule has 1 heterocycles. The fourth-order valence-corrected chi connectivity index (χ4v) is 1.95. The van der Waals surface area contributed by atoms with Crippen molar-refractivity contribution in [3.05, 3.63) is 29.3 Å². The first-order valence-corrected chi connectivity index (χ1v) is 5.84. The van der Waals surface area contributed by atoms with E-state index in [1.165, 1.54) is 0 Å². The smallest absolute Gasteiger partial charge is 0.124 e. The lowest BCUT2D eigenvalue weighted by molar-refractivity contribution is -0.00430. The highest BCUT2D eigenvalue weighted by molar-refractivity contribution is 6.30. The summed E-state index contributed by atoms with van der Waals surface area (Å²) in [6.07, 6.45) is -0.0311. The summed E-state index contributed by atoms with van der Waals surface area (Å²) in [5, 5.41) is 9.92. The van der Waals surface area contributed by atoms with Crippen LogP contribution in [-0.4, -0.2) is 41.8 Å². The molecule has 0 unspecified atom stereocenters. The minimum absolute atomic E-state index is 0.236. The highest BCUT2D eigenvalue weighted by Crippen LogP contribution is 2.20. The van der Waals surface area contributed by atoms with Crippen LogP contribution in [0.15, 0.2) is 24.3 Å². The van der Waals surface area contributed by atoms with Crippen LogP contribution >= 0.6 is 11.6 Å². The van der Waals surface area contributed by atoms with Crippen LogP contribution in [0, 0.1) is 0 Å². The van der Waals surface area contributed by atoms with Crippen molar-refractivity contribution in [3.8, 4) is 5.75 Å². The Morgan fingerprint density at radius 3 is 2.62 bits per heavy atom. The molecular formula is C12H16ClNO2. The van der Waals surface area contributed by atoms with E-state index >= 15 is 0 Å². The average Bonchev–Trinajstić information content (AvgIpc) is 2.17. The minimum Gasteiger partial charge on any atom is -0.488 e. The normalized spacial score (nSPS) is 19.2. The van der Waals surface area contributed by atoms with Gasteiger partial charge in [0.05, 0.1) is 6.10 Å². The second-order valence-electron chi connectivity index (χ2n) is 4.26. The first-order valence-electron chi connectivity index (χ1n) is 5.46. The van der Waals surface area contributed by atoms with Gasteiger partial charge >= 0.3 is 0 Å². The van der Waals surface area contributed by atoms with Gasteiger partial charge in [-0.1, -0.05) is 11.6 Å². The van der Waals surface area contributed by atoms with Gasteiger partial charge in [-0.05, 0) is 31.2 Å². The second-order valence-corrected chi connectivity index (χ2v) is 4.70. The largest absolute Gasteiger partial charge is 0.488 e. The van der Waals surface area contributed by atoms with Crippen molar-refractivity contribution in [1.29, 1.82) is 0 Å². The van der Waals surface area contributed by atoms with Crippen molar-refractivity contribution in [2.45, 2.75) is 19.1 Å². The minimum atomic E-state index is -0.267. The van der Waals surface area contributed by atoms with Crippen LogP contribution in [0.4, 0.5) is 0 Å². The lowest BCUT2D eigenvalue weighted by atomic mass is 10.1. The molecule has 1 aromatic carbocycles. The maximum absolute atomic E-state index is 9.20. The third-order valence-corrected chi connectivity index (χ3v) is 2.81. The molecule has 0 aromatic heterocycles. The molecule has 0 spiro atoms. The molecule has 88 valence electrons. The molecule has 1 aromatic rings. The standard InChI is InChI=1S/C12H16ClNO2/c1-9(15)6-14-7-12(8-14)16-11-4-2-10(13)3-5-11/h2-5,9,12,15H,6-8H2,1H3/t9-/m1/s1. The molecule has 1 aliphatic heterocycles. The van der Waals surface area contributed by atoms with Gasteiger partial charge in [0.1, 0.15) is 11.9 Å². The Labute approximate surface area is 101 Å². The summed E-state index contributed by atoms with van der Waals surface area (Å²) in [6.45, 7) is 4.29. The molecule has 16 heavy (non-hydrogen) atoms. The fraction of sp³-hybridized carbons (Fsp3) is 0.500. The zero-order valence-corrected chi connectivity index (χ0v) is 10.0. The maximum Gasteiger partial charge on any atom is 0.124 e. The lowest BCUT2D eigenvalue weighted by Gasteiger charge is -2.39. The van der Waals surface area contributed by atoms with Crippen LogP contribution in [0.1, 0.15) is 6.92 Å². The van der Waals surface area contributed by atoms with Crippen molar-refractivity contribution in [2.24, 2.45) is 0 Å². The van der Waals surface area contributed by atoms with Gasteiger partial charge in [-0.25, -0.2) is 0 Å². The number of likely N-dealkylation sites (tertiary alicyclic amines) is 1. The Balaban J connectivity index is 1.75. The van der Waals surface area contributed by atoms with Crippen LogP contribution in [-0.2, 0) is 0 Å². The summed E-state index contributed by atoms with van der Waals surface area (Å²) in [5.74, 6) is 0.853. The maximum atomic E-state index is 9.20. The van der Waals surface area contributed by atoms with Crippen LogP contribution < -0.4 is 4.74 Å². The summed E-state index contributed by atoms with van der Waals surface area (Å²) >= 11 is 5.78. The molecular weight excluding hydrogens is 226 g/mol. The Bertz CT molecular complexity index is 333. The van der Waals surface area contributed by atoms with E-state index in [1.54, 1.807) is 6.92 Å². The number of nitrogens with zero attached hydrogens (tertiary/aromatic N) is 1. The van der Waals surface area contributed by atoms with Gasteiger partial charge in [0, 0.05) is 24.7 Å². The Morgan fingerprint density at radius 2 is 2.06 bits per heavy atom. The molecule has 0 radical (unpaired) electrons. The van der Waals surface area contributed by atoms with E-state index in [9.17, 15) is 5.11 Å². The van der Waals surface area contributed by atoms with Crippen LogP contribution in [0.3, 0.4) is 0 Å². The Morgan fingerprint density at radius 1 is 1.44 bits per heavy atom. The van der Waals surface area contributed by atoms with Gasteiger partial charge in [-0.3, -0.25) is 4.90 Å². The van der Waals surface area contributed by atoms with E-state index < -0.39 is 0 Å². The fourth-order valence-electron chi connectivity index (χ4n) is 1.83. The summed E-state index contributed by atoms with van der Waals surface area (Å²) in [6, 6.07) is 7.39. The van der Waals surface area contributed by atoms with Gasteiger partial charge < -0.3 is 9.84 Å². The molecule has 3 nitrogen and oxygen atoms in total. The number of hydrogen-bond donors (Lipinski definition) is 1. The monoisotopic (exact) mass is 241 g/mol. The highest BCUT2D eigenvalue weighted by atomic mass is 35.5. The zero-order valence-electron chi connectivity index (χ0n) is 9.27. The molecule has 1 atom stereocenters. The number of aliphatic hydroxyl groups excluding tert-OH is 1. The second kappa shape index (κ2) is 5.04. The number of benzene rings is 1. The van der Waals surface area contributed by atoms with Crippen molar-refractivity contribution in [1.82, 2.24) is 4.90 Å². The molecule has 0 aliphatic carbocycles. The van der Waals surface area contributed by atoms with Crippen LogP contribution in [0.5, 0.6) is 5.75 Å². The van der Waals surface area contributed by atoms with Gasteiger partial charge in [0.2, 0.25) is 0 Å². The third kappa shape index (κ3) is 3.11. The molecule has 1 N–H and O–H groups in total. The Kier molecular flexibility index (Phi) is 3.69. The van der Waals surface area contributed by atoms with E-state index in [0.717, 1.165) is 30.4 Å². The average molecular weight is 242 g/mol. The summed E-state index contributed by atoms with van der Waals surface area (Å²) in [7, 11) is 0. The van der Waals surface area contributed by atoms with E-state index in [2.05, 4.69) is 4.90 Å². The van der Waals surface area contributed by atoms with Gasteiger partial charge in [0.25, 0.3) is 0 Å². The number of hydrogen-bond acceptors (Lipinski definition) is 3. The molecule has 2 rings (SSSR count). The number of ether oxygens (including phenoxy) is 1. The molecule has 1 fully saturated rings. The Hall–Kier alpha value is -0.770. The van der Waals surface area contributed by atoms with Crippen molar-refractivity contribution < 1.29 is 9.84 Å². The quantitative estimate of drug-likeness (QED) is 0.873. The SMILES string of the molecule is C[C@@H](O)CN1CC(Oc2ccc(Cl)cc2)C1. The van der Waals surface area contributed by atoms with Crippen molar-refractivity contribution >= 4 is 11.6 Å². The first kappa shape index (κ1) is 11.7. The topological polar surface area (TPSA) is 32.7 Å². The van der Waals surface area contributed by atoms with Crippen molar-refractivity contribution in [2.75, 3.05) is 19.6 Å². The predicted molar refractivity (Wildman–Crippen MR) is 64.0 cm³/mol. The molecule has 1 saturated heterocycles. The predicted octanol–water partition coefficient (Wildman–Crippen LogP) is 1.78.